The Morgan fingerprint density at radius 2 is 1.93 bits per heavy atom. The molecule has 27 heavy (non-hydrogen) atoms. The number of benzene rings is 1. The predicted molar refractivity (Wildman–Crippen MR) is 112 cm³/mol. The standard InChI is InChI=1S/C21H36FN5/c1-17(15-27-11-9-26(5)10-12-27)14-24-20(23-4)25-16-21(2,3)18-7-6-8-19(22)13-18/h6-8,13,17H,9-12,14-16H2,1-5H3,(H2,23,24,25). The fraction of sp³-hybridized carbons (Fsp3) is 0.667. The van der Waals surface area contributed by atoms with Crippen LogP contribution in [-0.4, -0.2) is 75.7 Å². The summed E-state index contributed by atoms with van der Waals surface area (Å²) in [5.74, 6) is 1.15. The van der Waals surface area contributed by atoms with Gasteiger partial charge in [-0.3, -0.25) is 4.99 Å². The van der Waals surface area contributed by atoms with Gasteiger partial charge >= 0.3 is 0 Å². The molecule has 0 radical (unpaired) electrons. The Hall–Kier alpha value is -1.66. The van der Waals surface area contributed by atoms with E-state index >= 15 is 0 Å². The molecule has 2 N–H and O–H groups in total. The van der Waals surface area contributed by atoms with Crippen LogP contribution in [0.5, 0.6) is 0 Å². The maximum absolute atomic E-state index is 13.5. The summed E-state index contributed by atoms with van der Waals surface area (Å²) < 4.78 is 13.5. The molecule has 0 aliphatic carbocycles. The minimum Gasteiger partial charge on any atom is -0.356 e. The van der Waals surface area contributed by atoms with E-state index in [1.54, 1.807) is 19.2 Å². The number of rotatable bonds is 7. The molecule has 2 rings (SSSR count). The Bertz CT molecular complexity index is 608. The van der Waals surface area contributed by atoms with Crippen molar-refractivity contribution >= 4 is 5.96 Å². The monoisotopic (exact) mass is 377 g/mol. The van der Waals surface area contributed by atoms with Crippen molar-refractivity contribution in [1.29, 1.82) is 0 Å². The minimum atomic E-state index is -0.194. The average molecular weight is 378 g/mol. The van der Waals surface area contributed by atoms with Gasteiger partial charge in [-0.2, -0.15) is 0 Å². The maximum Gasteiger partial charge on any atom is 0.191 e. The quantitative estimate of drug-likeness (QED) is 0.564. The van der Waals surface area contributed by atoms with E-state index in [0.29, 0.717) is 12.5 Å². The van der Waals surface area contributed by atoms with Gasteiger partial charge in [0, 0.05) is 58.3 Å². The van der Waals surface area contributed by atoms with Gasteiger partial charge in [-0.15, -0.1) is 0 Å². The number of guanidine groups is 1. The van der Waals surface area contributed by atoms with Crippen LogP contribution in [0.1, 0.15) is 26.3 Å². The lowest BCUT2D eigenvalue weighted by Gasteiger charge is -2.34. The van der Waals surface area contributed by atoms with Crippen LogP contribution in [0, 0.1) is 11.7 Å². The van der Waals surface area contributed by atoms with Gasteiger partial charge in [-0.1, -0.05) is 32.9 Å². The van der Waals surface area contributed by atoms with Gasteiger partial charge in [0.2, 0.25) is 0 Å². The highest BCUT2D eigenvalue weighted by Gasteiger charge is 2.22. The Labute approximate surface area is 164 Å². The van der Waals surface area contributed by atoms with Gasteiger partial charge in [0.1, 0.15) is 5.82 Å². The molecule has 1 unspecified atom stereocenters. The third-order valence-electron chi connectivity index (χ3n) is 5.31. The summed E-state index contributed by atoms with van der Waals surface area (Å²) in [6, 6.07) is 6.82. The zero-order chi connectivity index (χ0) is 19.9. The molecule has 0 bridgehead atoms. The van der Waals surface area contributed by atoms with Gasteiger partial charge in [-0.25, -0.2) is 4.39 Å². The molecule has 6 heteroatoms. The second-order valence-electron chi connectivity index (χ2n) is 8.41. The fourth-order valence-corrected chi connectivity index (χ4v) is 3.34. The lowest BCUT2D eigenvalue weighted by Crippen LogP contribution is -2.48. The van der Waals surface area contributed by atoms with E-state index in [4.69, 9.17) is 0 Å². The summed E-state index contributed by atoms with van der Waals surface area (Å²) in [5, 5.41) is 6.82. The number of nitrogens with zero attached hydrogens (tertiary/aromatic N) is 3. The number of halogens is 1. The smallest absolute Gasteiger partial charge is 0.191 e. The molecule has 1 aromatic carbocycles. The van der Waals surface area contributed by atoms with Crippen molar-refractivity contribution in [2.45, 2.75) is 26.2 Å². The molecule has 152 valence electrons. The van der Waals surface area contributed by atoms with E-state index in [1.807, 2.05) is 6.07 Å². The van der Waals surface area contributed by atoms with Crippen LogP contribution in [-0.2, 0) is 5.41 Å². The first-order chi connectivity index (χ1) is 12.8. The summed E-state index contributed by atoms with van der Waals surface area (Å²) in [4.78, 5) is 9.25. The third-order valence-corrected chi connectivity index (χ3v) is 5.31. The molecule has 0 amide bonds. The Morgan fingerprint density at radius 1 is 1.22 bits per heavy atom. The van der Waals surface area contributed by atoms with Crippen molar-refractivity contribution in [1.82, 2.24) is 20.4 Å². The number of likely N-dealkylation sites (N-methyl/N-ethyl adjacent to an activating group) is 1. The zero-order valence-corrected chi connectivity index (χ0v) is 17.6. The number of hydrogen-bond donors (Lipinski definition) is 2. The highest BCUT2D eigenvalue weighted by Crippen LogP contribution is 2.22. The molecule has 1 atom stereocenters. The molecule has 0 aromatic heterocycles. The fourth-order valence-electron chi connectivity index (χ4n) is 3.34. The average Bonchev–Trinajstić information content (AvgIpc) is 2.64. The molecule has 1 fully saturated rings. The molecule has 1 heterocycles. The van der Waals surface area contributed by atoms with E-state index in [2.05, 4.69) is 53.2 Å². The lowest BCUT2D eigenvalue weighted by atomic mass is 9.84. The first-order valence-electron chi connectivity index (χ1n) is 9.91. The van der Waals surface area contributed by atoms with Gasteiger partial charge in [-0.05, 0) is 30.7 Å². The maximum atomic E-state index is 13.5. The highest BCUT2D eigenvalue weighted by atomic mass is 19.1. The second kappa shape index (κ2) is 10.0. The van der Waals surface area contributed by atoms with Crippen LogP contribution in [0.3, 0.4) is 0 Å². The normalized spacial score (nSPS) is 18.4. The molecule has 1 saturated heterocycles. The summed E-state index contributed by atoms with van der Waals surface area (Å²) in [6.45, 7) is 13.8. The molecule has 0 spiro atoms. The number of piperazine rings is 1. The predicted octanol–water partition coefficient (Wildman–Crippen LogP) is 2.15. The Kier molecular flexibility index (Phi) is 8.05. The van der Waals surface area contributed by atoms with Crippen LogP contribution >= 0.6 is 0 Å². The SMILES string of the molecule is CN=C(NCC(C)CN1CCN(C)CC1)NCC(C)(C)c1cccc(F)c1. The van der Waals surface area contributed by atoms with Crippen molar-refractivity contribution in [3.63, 3.8) is 0 Å². The lowest BCUT2D eigenvalue weighted by molar-refractivity contribution is 0.139. The molecular formula is C21H36FN5. The zero-order valence-electron chi connectivity index (χ0n) is 17.6. The van der Waals surface area contributed by atoms with Gasteiger partial charge in [0.25, 0.3) is 0 Å². The van der Waals surface area contributed by atoms with E-state index in [9.17, 15) is 4.39 Å². The first kappa shape index (κ1) is 21.6. The van der Waals surface area contributed by atoms with E-state index in [0.717, 1.165) is 50.8 Å². The van der Waals surface area contributed by atoms with Gasteiger partial charge in [0.05, 0.1) is 0 Å². The van der Waals surface area contributed by atoms with Crippen molar-refractivity contribution < 1.29 is 4.39 Å². The molecular weight excluding hydrogens is 341 g/mol. The van der Waals surface area contributed by atoms with Crippen molar-refractivity contribution in [3.05, 3.63) is 35.6 Å². The van der Waals surface area contributed by atoms with Crippen molar-refractivity contribution in [3.8, 4) is 0 Å². The van der Waals surface area contributed by atoms with Crippen LogP contribution in [0.2, 0.25) is 0 Å². The van der Waals surface area contributed by atoms with Crippen LogP contribution in [0.15, 0.2) is 29.3 Å². The van der Waals surface area contributed by atoms with Crippen molar-refractivity contribution in [2.24, 2.45) is 10.9 Å². The van der Waals surface area contributed by atoms with E-state index in [1.165, 1.54) is 6.07 Å². The molecule has 1 aromatic rings. The first-order valence-corrected chi connectivity index (χ1v) is 9.91. The third kappa shape index (κ3) is 7.11. The Balaban J connectivity index is 1.76. The Morgan fingerprint density at radius 3 is 2.56 bits per heavy atom. The summed E-state index contributed by atoms with van der Waals surface area (Å²) in [6.07, 6.45) is 0. The summed E-state index contributed by atoms with van der Waals surface area (Å²) >= 11 is 0. The second-order valence-corrected chi connectivity index (χ2v) is 8.41. The minimum absolute atomic E-state index is 0.189. The topological polar surface area (TPSA) is 42.9 Å². The van der Waals surface area contributed by atoms with Gasteiger partial charge < -0.3 is 20.4 Å². The van der Waals surface area contributed by atoms with Crippen molar-refractivity contribution in [2.75, 3.05) is 59.9 Å². The molecule has 1 aliphatic heterocycles. The van der Waals surface area contributed by atoms with Crippen LogP contribution < -0.4 is 10.6 Å². The highest BCUT2D eigenvalue weighted by molar-refractivity contribution is 5.79. The van der Waals surface area contributed by atoms with Gasteiger partial charge in [0.15, 0.2) is 5.96 Å². The number of hydrogen-bond acceptors (Lipinski definition) is 3. The number of nitrogens with one attached hydrogen (secondary N) is 2. The summed E-state index contributed by atoms with van der Waals surface area (Å²) in [7, 11) is 3.97. The number of aliphatic imine (C=N–C) groups is 1. The molecule has 1 aliphatic rings. The van der Waals surface area contributed by atoms with E-state index in [-0.39, 0.29) is 11.2 Å². The van der Waals surface area contributed by atoms with E-state index < -0.39 is 0 Å². The molecule has 5 nitrogen and oxygen atoms in total. The van der Waals surface area contributed by atoms with Crippen LogP contribution in [0.25, 0.3) is 0 Å². The van der Waals surface area contributed by atoms with Crippen LogP contribution in [0.4, 0.5) is 4.39 Å². The molecule has 0 saturated carbocycles. The summed E-state index contributed by atoms with van der Waals surface area (Å²) in [5.41, 5.74) is 0.791. The largest absolute Gasteiger partial charge is 0.356 e.